The van der Waals surface area contributed by atoms with Crippen molar-refractivity contribution in [1.29, 1.82) is 0 Å². The highest BCUT2D eigenvalue weighted by atomic mass is 79.9. The van der Waals surface area contributed by atoms with Crippen LogP contribution >= 0.6 is 15.9 Å². The number of halogens is 3. The third-order valence-electron chi connectivity index (χ3n) is 1.86. The van der Waals surface area contributed by atoms with Crippen molar-refractivity contribution in [3.05, 3.63) is 41.0 Å². The second-order valence-corrected chi connectivity index (χ2v) is 3.84. The van der Waals surface area contributed by atoms with Gasteiger partial charge >= 0.3 is 5.97 Å². The van der Waals surface area contributed by atoms with E-state index >= 15 is 0 Å². The summed E-state index contributed by atoms with van der Waals surface area (Å²) < 4.78 is 26.4. The van der Waals surface area contributed by atoms with Crippen molar-refractivity contribution in [2.45, 2.75) is 6.42 Å². The fraction of sp³-hybridized carbons (Fsp3) is 0.182. The molecule has 1 rings (SSSR count). The molecule has 0 unspecified atom stereocenters. The third-order valence-corrected chi connectivity index (χ3v) is 2.32. The summed E-state index contributed by atoms with van der Waals surface area (Å²) in [5.74, 6) is -3.73. The normalized spacial score (nSPS) is 10.9. The van der Waals surface area contributed by atoms with Crippen molar-refractivity contribution in [3.8, 4) is 0 Å². The highest BCUT2D eigenvalue weighted by molar-refractivity contribution is 9.09. The Kier molecular flexibility index (Phi) is 4.61. The molecular formula is C11H9BrF2O2. The van der Waals surface area contributed by atoms with Gasteiger partial charge in [-0.2, -0.15) is 0 Å². The monoisotopic (exact) mass is 290 g/mol. The van der Waals surface area contributed by atoms with Crippen LogP contribution < -0.4 is 0 Å². The van der Waals surface area contributed by atoms with Crippen LogP contribution in [0.4, 0.5) is 8.78 Å². The van der Waals surface area contributed by atoms with Crippen molar-refractivity contribution in [2.24, 2.45) is 0 Å². The maximum absolute atomic E-state index is 13.2. The van der Waals surface area contributed by atoms with Gasteiger partial charge in [-0.15, -0.1) is 0 Å². The van der Waals surface area contributed by atoms with Gasteiger partial charge in [0.25, 0.3) is 0 Å². The number of benzene rings is 1. The minimum atomic E-state index is -1.61. The highest BCUT2D eigenvalue weighted by Gasteiger charge is 2.16. The largest absolute Gasteiger partial charge is 0.477 e. The van der Waals surface area contributed by atoms with Crippen molar-refractivity contribution < 1.29 is 18.7 Å². The molecule has 16 heavy (non-hydrogen) atoms. The first-order chi connectivity index (χ1) is 7.56. The molecular weight excluding hydrogens is 282 g/mol. The molecule has 0 saturated carbocycles. The predicted molar refractivity (Wildman–Crippen MR) is 60.8 cm³/mol. The Balaban J connectivity index is 3.05. The smallest absolute Gasteiger partial charge is 0.341 e. The summed E-state index contributed by atoms with van der Waals surface area (Å²) in [6.45, 7) is 0. The molecule has 0 atom stereocenters. The Morgan fingerprint density at radius 1 is 1.38 bits per heavy atom. The average Bonchev–Trinajstić information content (AvgIpc) is 2.16. The Morgan fingerprint density at radius 3 is 2.38 bits per heavy atom. The van der Waals surface area contributed by atoms with Gasteiger partial charge in [0.2, 0.25) is 0 Å². The lowest BCUT2D eigenvalue weighted by Crippen LogP contribution is -2.04. The molecule has 0 aliphatic carbocycles. The van der Waals surface area contributed by atoms with E-state index in [-0.39, 0.29) is 0 Å². The highest BCUT2D eigenvalue weighted by Crippen LogP contribution is 2.16. The Hall–Kier alpha value is -1.23. The van der Waals surface area contributed by atoms with Gasteiger partial charge in [-0.05, 0) is 24.1 Å². The fourth-order valence-corrected chi connectivity index (χ4v) is 1.44. The summed E-state index contributed by atoms with van der Waals surface area (Å²) in [6, 6.07) is 1.99. The number of hydrogen-bond acceptors (Lipinski definition) is 1. The van der Waals surface area contributed by atoms with E-state index in [0.29, 0.717) is 5.56 Å². The van der Waals surface area contributed by atoms with Crippen LogP contribution in [0.1, 0.15) is 22.3 Å². The maximum Gasteiger partial charge on any atom is 0.341 e. The molecule has 0 aromatic heterocycles. The first-order valence-corrected chi connectivity index (χ1v) is 5.63. The van der Waals surface area contributed by atoms with Gasteiger partial charge in [-0.25, -0.2) is 13.6 Å². The SMILES string of the molecule is O=C(O)c1c(F)cc(C=CCCBr)cc1F. The molecule has 0 heterocycles. The predicted octanol–water partition coefficient (Wildman–Crippen LogP) is 3.46. The second-order valence-electron chi connectivity index (χ2n) is 3.04. The lowest BCUT2D eigenvalue weighted by molar-refractivity contribution is 0.0686. The number of carboxylic acid groups (broad SMARTS) is 1. The minimum Gasteiger partial charge on any atom is -0.477 e. The first kappa shape index (κ1) is 12.8. The molecule has 0 spiro atoms. The first-order valence-electron chi connectivity index (χ1n) is 4.51. The molecule has 0 radical (unpaired) electrons. The molecule has 86 valence electrons. The Labute approximate surface area is 99.7 Å². The molecule has 0 aliphatic heterocycles. The van der Waals surface area contributed by atoms with Gasteiger partial charge < -0.3 is 5.11 Å². The van der Waals surface area contributed by atoms with Gasteiger partial charge in [0.15, 0.2) is 0 Å². The van der Waals surface area contributed by atoms with E-state index in [2.05, 4.69) is 15.9 Å². The average molecular weight is 291 g/mol. The summed E-state index contributed by atoms with van der Waals surface area (Å²) in [5.41, 5.74) is -0.612. The van der Waals surface area contributed by atoms with Crippen LogP contribution in [0.5, 0.6) is 0 Å². The standard InChI is InChI=1S/C11H9BrF2O2/c12-4-2-1-3-7-5-8(13)10(11(15)16)9(14)6-7/h1,3,5-6H,2,4H2,(H,15,16). The number of aromatic carboxylic acids is 1. The van der Waals surface area contributed by atoms with Crippen LogP contribution in [-0.4, -0.2) is 16.4 Å². The molecule has 0 amide bonds. The third kappa shape index (κ3) is 3.13. The molecule has 2 nitrogen and oxygen atoms in total. The summed E-state index contributed by atoms with van der Waals surface area (Å²) >= 11 is 3.21. The fourth-order valence-electron chi connectivity index (χ4n) is 1.18. The molecule has 0 saturated heterocycles. The van der Waals surface area contributed by atoms with Crippen LogP contribution in [0.15, 0.2) is 18.2 Å². The zero-order chi connectivity index (χ0) is 12.1. The van der Waals surface area contributed by atoms with E-state index in [4.69, 9.17) is 5.11 Å². The number of rotatable bonds is 4. The van der Waals surface area contributed by atoms with E-state index in [9.17, 15) is 13.6 Å². The number of allylic oxidation sites excluding steroid dienone is 1. The van der Waals surface area contributed by atoms with Crippen LogP contribution in [-0.2, 0) is 0 Å². The number of carboxylic acids is 1. The zero-order valence-corrected chi connectivity index (χ0v) is 9.80. The minimum absolute atomic E-state index is 0.306. The quantitative estimate of drug-likeness (QED) is 0.863. The summed E-state index contributed by atoms with van der Waals surface area (Å²) in [7, 11) is 0. The van der Waals surface area contributed by atoms with Crippen molar-refractivity contribution in [3.63, 3.8) is 0 Å². The van der Waals surface area contributed by atoms with Gasteiger partial charge in [0.1, 0.15) is 17.2 Å². The second kappa shape index (κ2) is 5.75. The van der Waals surface area contributed by atoms with Gasteiger partial charge in [0, 0.05) is 5.33 Å². The van der Waals surface area contributed by atoms with E-state index in [0.717, 1.165) is 23.9 Å². The molecule has 1 N–H and O–H groups in total. The summed E-state index contributed by atoms with van der Waals surface area (Å²) in [4.78, 5) is 10.5. The summed E-state index contributed by atoms with van der Waals surface area (Å²) in [5, 5.41) is 9.30. The number of carbonyl (C=O) groups is 1. The van der Waals surface area contributed by atoms with E-state index < -0.39 is 23.2 Å². The lowest BCUT2D eigenvalue weighted by Gasteiger charge is -2.01. The van der Waals surface area contributed by atoms with E-state index in [1.807, 2.05) is 0 Å². The molecule has 0 bridgehead atoms. The molecule has 1 aromatic rings. The molecule has 5 heteroatoms. The van der Waals surface area contributed by atoms with Crippen LogP contribution in [0.3, 0.4) is 0 Å². The number of alkyl halides is 1. The molecule has 0 fully saturated rings. The molecule has 0 aliphatic rings. The van der Waals surface area contributed by atoms with E-state index in [1.165, 1.54) is 0 Å². The van der Waals surface area contributed by atoms with E-state index in [1.54, 1.807) is 12.2 Å². The number of hydrogen-bond donors (Lipinski definition) is 1. The zero-order valence-electron chi connectivity index (χ0n) is 8.21. The lowest BCUT2D eigenvalue weighted by atomic mass is 10.1. The Bertz CT molecular complexity index is 407. The van der Waals surface area contributed by atoms with Gasteiger partial charge in [0.05, 0.1) is 0 Å². The Morgan fingerprint density at radius 2 is 1.94 bits per heavy atom. The summed E-state index contributed by atoms with van der Waals surface area (Å²) in [6.07, 6.45) is 4.01. The van der Waals surface area contributed by atoms with Gasteiger partial charge in [-0.3, -0.25) is 0 Å². The molecule has 1 aromatic carbocycles. The topological polar surface area (TPSA) is 37.3 Å². The maximum atomic E-state index is 13.2. The van der Waals surface area contributed by atoms with Crippen molar-refractivity contribution in [1.82, 2.24) is 0 Å². The van der Waals surface area contributed by atoms with Crippen LogP contribution in [0, 0.1) is 11.6 Å². The van der Waals surface area contributed by atoms with Crippen LogP contribution in [0.25, 0.3) is 6.08 Å². The van der Waals surface area contributed by atoms with Crippen molar-refractivity contribution in [2.75, 3.05) is 5.33 Å². The van der Waals surface area contributed by atoms with Crippen molar-refractivity contribution >= 4 is 28.0 Å². The van der Waals surface area contributed by atoms with Crippen LogP contribution in [0.2, 0.25) is 0 Å². The van der Waals surface area contributed by atoms with Gasteiger partial charge in [-0.1, -0.05) is 28.1 Å².